The number of aromatic amines is 1. The minimum Gasteiger partial charge on any atom is -0.466 e. The summed E-state index contributed by atoms with van der Waals surface area (Å²) >= 11 is 0. The fourth-order valence-electron chi connectivity index (χ4n) is 0.603. The van der Waals surface area contributed by atoms with Crippen LogP contribution in [0.3, 0.4) is 0 Å². The molecule has 8 heteroatoms. The Hall–Kier alpha value is -1.31. The molecule has 0 bridgehead atoms. The minimum atomic E-state index is -3.31. The number of nitrogens with one attached hydrogen (secondary N) is 2. The summed E-state index contributed by atoms with van der Waals surface area (Å²) < 4.78 is 28.9. The standard InChI is InChI=1S/C5H10N4O3S/c1-3-13(10,11)9-4-6-5(12-2)8-7-4/h3H2,1-2H3,(H2,6,7,8,9). The van der Waals surface area contributed by atoms with Crippen LogP contribution in [0.25, 0.3) is 0 Å². The van der Waals surface area contributed by atoms with Gasteiger partial charge in [0, 0.05) is 0 Å². The molecule has 0 saturated heterocycles. The van der Waals surface area contributed by atoms with Gasteiger partial charge in [-0.25, -0.2) is 13.5 Å². The molecule has 0 unspecified atom stereocenters. The van der Waals surface area contributed by atoms with Crippen LogP contribution in [0, 0.1) is 0 Å². The first kappa shape index (κ1) is 9.78. The highest BCUT2D eigenvalue weighted by atomic mass is 32.2. The SMILES string of the molecule is CCS(=O)(=O)Nc1nc(OC)n[nH]1. The first-order chi connectivity index (χ1) is 6.07. The van der Waals surface area contributed by atoms with Crippen molar-refractivity contribution in [1.82, 2.24) is 15.2 Å². The first-order valence-corrected chi connectivity index (χ1v) is 5.19. The van der Waals surface area contributed by atoms with Crippen molar-refractivity contribution in [2.24, 2.45) is 0 Å². The lowest BCUT2D eigenvalue weighted by molar-refractivity contribution is 0.382. The van der Waals surface area contributed by atoms with E-state index in [9.17, 15) is 8.42 Å². The number of aromatic nitrogens is 3. The average Bonchev–Trinajstić information content (AvgIpc) is 2.52. The van der Waals surface area contributed by atoms with Crippen molar-refractivity contribution in [3.63, 3.8) is 0 Å². The molecule has 1 heterocycles. The van der Waals surface area contributed by atoms with E-state index in [0.29, 0.717) is 0 Å². The fraction of sp³-hybridized carbons (Fsp3) is 0.600. The van der Waals surface area contributed by atoms with Crippen LogP contribution >= 0.6 is 0 Å². The molecule has 7 nitrogen and oxygen atoms in total. The Morgan fingerprint density at radius 1 is 1.62 bits per heavy atom. The molecular weight excluding hydrogens is 196 g/mol. The molecule has 0 fully saturated rings. The number of H-pyrrole nitrogens is 1. The lowest BCUT2D eigenvalue weighted by Gasteiger charge is -1.99. The van der Waals surface area contributed by atoms with Gasteiger partial charge in [0.15, 0.2) is 0 Å². The summed E-state index contributed by atoms with van der Waals surface area (Å²) in [5.74, 6) is 0.0365. The van der Waals surface area contributed by atoms with Crippen LogP contribution in [0.4, 0.5) is 5.95 Å². The summed E-state index contributed by atoms with van der Waals surface area (Å²) in [6.45, 7) is 1.52. The fourth-order valence-corrected chi connectivity index (χ4v) is 1.13. The number of hydrogen-bond acceptors (Lipinski definition) is 5. The molecule has 0 spiro atoms. The molecule has 2 N–H and O–H groups in total. The summed E-state index contributed by atoms with van der Waals surface area (Å²) in [4.78, 5) is 3.68. The number of nitrogens with zero attached hydrogens (tertiary/aromatic N) is 2. The smallest absolute Gasteiger partial charge is 0.336 e. The normalized spacial score (nSPS) is 11.2. The Morgan fingerprint density at radius 3 is 2.77 bits per heavy atom. The molecule has 0 amide bonds. The van der Waals surface area contributed by atoms with Gasteiger partial charge in [-0.1, -0.05) is 0 Å². The van der Waals surface area contributed by atoms with E-state index in [4.69, 9.17) is 0 Å². The van der Waals surface area contributed by atoms with Crippen molar-refractivity contribution in [2.75, 3.05) is 17.6 Å². The van der Waals surface area contributed by atoms with Crippen LogP contribution in [-0.2, 0) is 10.0 Å². The van der Waals surface area contributed by atoms with E-state index in [-0.39, 0.29) is 17.7 Å². The van der Waals surface area contributed by atoms with Crippen LogP contribution in [0.2, 0.25) is 0 Å². The van der Waals surface area contributed by atoms with Gasteiger partial charge in [0.2, 0.25) is 16.0 Å². The monoisotopic (exact) mass is 206 g/mol. The number of hydrogen-bond donors (Lipinski definition) is 2. The summed E-state index contributed by atoms with van der Waals surface area (Å²) in [5.41, 5.74) is 0. The van der Waals surface area contributed by atoms with E-state index in [2.05, 4.69) is 24.6 Å². The molecular formula is C5H10N4O3S. The number of sulfonamides is 1. The van der Waals surface area contributed by atoms with Crippen LogP contribution in [0.15, 0.2) is 0 Å². The van der Waals surface area contributed by atoms with Gasteiger partial charge in [0.1, 0.15) is 0 Å². The molecule has 1 aromatic heterocycles. The van der Waals surface area contributed by atoms with Crippen LogP contribution in [0.1, 0.15) is 6.92 Å². The zero-order chi connectivity index (χ0) is 9.90. The maximum Gasteiger partial charge on any atom is 0.336 e. The van der Waals surface area contributed by atoms with Crippen LogP contribution in [0.5, 0.6) is 6.01 Å². The molecule has 0 atom stereocenters. The zero-order valence-corrected chi connectivity index (χ0v) is 8.05. The van der Waals surface area contributed by atoms with Gasteiger partial charge in [0.05, 0.1) is 12.9 Å². The van der Waals surface area contributed by atoms with E-state index in [0.717, 1.165) is 0 Å². The number of anilines is 1. The van der Waals surface area contributed by atoms with Crippen molar-refractivity contribution in [2.45, 2.75) is 6.92 Å². The van der Waals surface area contributed by atoms with Gasteiger partial charge < -0.3 is 4.74 Å². The largest absolute Gasteiger partial charge is 0.466 e. The lowest BCUT2D eigenvalue weighted by atomic mass is 11.0. The summed E-state index contributed by atoms with van der Waals surface area (Å²) in [6.07, 6.45) is 0. The second-order valence-electron chi connectivity index (χ2n) is 2.18. The van der Waals surface area contributed by atoms with E-state index in [1.807, 2.05) is 0 Å². The summed E-state index contributed by atoms with van der Waals surface area (Å²) in [7, 11) is -1.92. The van der Waals surface area contributed by atoms with E-state index >= 15 is 0 Å². The molecule has 1 aromatic rings. The van der Waals surface area contributed by atoms with Gasteiger partial charge in [-0.2, -0.15) is 4.98 Å². The van der Waals surface area contributed by atoms with E-state index in [1.165, 1.54) is 14.0 Å². The van der Waals surface area contributed by atoms with Gasteiger partial charge in [-0.15, -0.1) is 5.10 Å². The molecule has 0 aliphatic heterocycles. The topological polar surface area (TPSA) is 97.0 Å². The number of ether oxygens (including phenoxy) is 1. The van der Waals surface area contributed by atoms with Crippen molar-refractivity contribution in [3.05, 3.63) is 0 Å². The van der Waals surface area contributed by atoms with Gasteiger partial charge in [0.25, 0.3) is 0 Å². The molecule has 0 radical (unpaired) electrons. The third-order valence-corrected chi connectivity index (χ3v) is 2.54. The second-order valence-corrected chi connectivity index (χ2v) is 4.19. The Labute approximate surface area is 75.6 Å². The molecule has 0 aliphatic carbocycles. The molecule has 0 aliphatic rings. The minimum absolute atomic E-state index is 0.0178. The first-order valence-electron chi connectivity index (χ1n) is 3.54. The molecule has 13 heavy (non-hydrogen) atoms. The Kier molecular flexibility index (Phi) is 2.71. The predicted molar refractivity (Wildman–Crippen MR) is 46.0 cm³/mol. The van der Waals surface area contributed by atoms with Gasteiger partial charge >= 0.3 is 6.01 Å². The van der Waals surface area contributed by atoms with Crippen LogP contribution < -0.4 is 9.46 Å². The molecule has 74 valence electrons. The third-order valence-electron chi connectivity index (χ3n) is 1.28. The van der Waals surface area contributed by atoms with E-state index < -0.39 is 10.0 Å². The van der Waals surface area contributed by atoms with Crippen molar-refractivity contribution in [3.8, 4) is 6.01 Å². The quantitative estimate of drug-likeness (QED) is 0.697. The number of rotatable bonds is 4. The van der Waals surface area contributed by atoms with Crippen molar-refractivity contribution < 1.29 is 13.2 Å². The van der Waals surface area contributed by atoms with Crippen molar-refractivity contribution >= 4 is 16.0 Å². The Balaban J connectivity index is 2.75. The lowest BCUT2D eigenvalue weighted by Crippen LogP contribution is -2.15. The van der Waals surface area contributed by atoms with Gasteiger partial charge in [-0.05, 0) is 6.92 Å². The van der Waals surface area contributed by atoms with Crippen molar-refractivity contribution in [1.29, 1.82) is 0 Å². The van der Waals surface area contributed by atoms with Gasteiger partial charge in [-0.3, -0.25) is 4.72 Å². The highest BCUT2D eigenvalue weighted by Crippen LogP contribution is 2.06. The average molecular weight is 206 g/mol. The zero-order valence-electron chi connectivity index (χ0n) is 7.23. The molecule has 1 rings (SSSR count). The third kappa shape index (κ3) is 2.58. The summed E-state index contributed by atoms with van der Waals surface area (Å²) in [5, 5.41) is 5.94. The highest BCUT2D eigenvalue weighted by molar-refractivity contribution is 7.92. The Bertz CT molecular complexity index is 371. The predicted octanol–water partition coefficient (Wildman–Crippen LogP) is -0.425. The second kappa shape index (κ2) is 3.60. The number of methoxy groups -OCH3 is 1. The highest BCUT2D eigenvalue weighted by Gasteiger charge is 2.10. The molecule has 0 saturated carbocycles. The summed E-state index contributed by atoms with van der Waals surface area (Å²) in [6, 6.07) is 0.0915. The Morgan fingerprint density at radius 2 is 2.31 bits per heavy atom. The maximum atomic E-state index is 11.0. The molecule has 0 aromatic carbocycles. The van der Waals surface area contributed by atoms with Crippen LogP contribution in [-0.4, -0.2) is 36.5 Å². The maximum absolute atomic E-state index is 11.0. The van der Waals surface area contributed by atoms with E-state index in [1.54, 1.807) is 0 Å².